The molecular formula is C16H25NO. The van der Waals surface area contributed by atoms with Crippen LogP contribution in [0.5, 0.6) is 5.75 Å². The van der Waals surface area contributed by atoms with Crippen LogP contribution in [0.15, 0.2) is 18.2 Å². The molecule has 2 nitrogen and oxygen atoms in total. The summed E-state index contributed by atoms with van der Waals surface area (Å²) in [5.74, 6) is 0.420. The average Bonchev–Trinajstić information content (AvgIpc) is 2.57. The van der Waals surface area contributed by atoms with E-state index in [2.05, 4.69) is 18.3 Å². The van der Waals surface area contributed by atoms with E-state index in [1.54, 1.807) is 0 Å². The van der Waals surface area contributed by atoms with E-state index >= 15 is 0 Å². The van der Waals surface area contributed by atoms with Gasteiger partial charge in [-0.05, 0) is 38.3 Å². The topological polar surface area (TPSA) is 32.3 Å². The van der Waals surface area contributed by atoms with E-state index in [0.29, 0.717) is 11.8 Å². The Hall–Kier alpha value is -1.02. The Morgan fingerprint density at radius 3 is 2.44 bits per heavy atom. The highest BCUT2D eigenvalue weighted by atomic mass is 16.3. The fourth-order valence-corrected chi connectivity index (χ4v) is 2.91. The van der Waals surface area contributed by atoms with Crippen molar-refractivity contribution in [1.29, 1.82) is 0 Å². The van der Waals surface area contributed by atoms with Gasteiger partial charge in [-0.2, -0.15) is 0 Å². The fraction of sp³-hybridized carbons (Fsp3) is 0.625. The van der Waals surface area contributed by atoms with Gasteiger partial charge in [-0.1, -0.05) is 37.8 Å². The first-order valence-corrected chi connectivity index (χ1v) is 7.22. The predicted octanol–water partition coefficient (Wildman–Crippen LogP) is 4.07. The molecule has 0 aromatic heterocycles. The molecule has 0 spiro atoms. The summed E-state index contributed by atoms with van der Waals surface area (Å²) in [7, 11) is 0. The van der Waals surface area contributed by atoms with Crippen LogP contribution in [-0.2, 0) is 0 Å². The first kappa shape index (κ1) is 13.4. The number of aryl methyl sites for hydroxylation is 1. The van der Waals surface area contributed by atoms with Crippen molar-refractivity contribution in [3.05, 3.63) is 29.3 Å². The van der Waals surface area contributed by atoms with E-state index in [0.717, 1.165) is 11.1 Å². The van der Waals surface area contributed by atoms with Crippen LogP contribution in [0.25, 0.3) is 0 Å². The zero-order valence-electron chi connectivity index (χ0n) is 11.6. The first-order chi connectivity index (χ1) is 8.66. The summed E-state index contributed by atoms with van der Waals surface area (Å²) in [6.45, 7) is 4.15. The number of nitrogens with one attached hydrogen (secondary N) is 1. The molecule has 0 bridgehead atoms. The van der Waals surface area contributed by atoms with Gasteiger partial charge in [-0.25, -0.2) is 0 Å². The molecular weight excluding hydrogens is 222 g/mol. The normalized spacial score (nSPS) is 19.4. The minimum Gasteiger partial charge on any atom is -0.508 e. The van der Waals surface area contributed by atoms with E-state index in [-0.39, 0.29) is 6.04 Å². The van der Waals surface area contributed by atoms with Crippen molar-refractivity contribution in [3.63, 3.8) is 0 Å². The Bertz CT molecular complexity index is 381. The monoisotopic (exact) mass is 247 g/mol. The minimum atomic E-state index is 0.230. The van der Waals surface area contributed by atoms with E-state index in [4.69, 9.17) is 0 Å². The number of hydrogen-bond donors (Lipinski definition) is 2. The van der Waals surface area contributed by atoms with Crippen LogP contribution in [0.3, 0.4) is 0 Å². The van der Waals surface area contributed by atoms with Gasteiger partial charge < -0.3 is 10.4 Å². The molecule has 100 valence electrons. The van der Waals surface area contributed by atoms with Gasteiger partial charge in [-0.3, -0.25) is 0 Å². The summed E-state index contributed by atoms with van der Waals surface area (Å²) < 4.78 is 0. The zero-order valence-corrected chi connectivity index (χ0v) is 11.6. The zero-order chi connectivity index (χ0) is 13.0. The maximum atomic E-state index is 10.0. The summed E-state index contributed by atoms with van der Waals surface area (Å²) in [5.41, 5.74) is 2.13. The molecule has 0 aliphatic heterocycles. The van der Waals surface area contributed by atoms with Crippen molar-refractivity contribution in [2.45, 2.75) is 64.5 Å². The molecule has 2 rings (SSSR count). The Labute approximate surface area is 110 Å². The molecule has 0 amide bonds. The number of phenols is 1. The van der Waals surface area contributed by atoms with Crippen LogP contribution < -0.4 is 5.32 Å². The molecule has 0 heterocycles. The standard InChI is InChI=1S/C16H25NO/c1-12-9-10-15(16(18)11-12)13(2)17-14-7-5-3-4-6-8-14/h9-11,13-14,17-18H,3-8H2,1-2H3. The van der Waals surface area contributed by atoms with Gasteiger partial charge in [0.1, 0.15) is 5.75 Å². The Kier molecular flexibility index (Phi) is 4.65. The molecule has 0 saturated heterocycles. The lowest BCUT2D eigenvalue weighted by molar-refractivity contribution is 0.398. The summed E-state index contributed by atoms with van der Waals surface area (Å²) in [6, 6.07) is 6.80. The summed E-state index contributed by atoms with van der Waals surface area (Å²) in [5, 5.41) is 13.7. The lowest BCUT2D eigenvalue weighted by Gasteiger charge is -2.23. The van der Waals surface area contributed by atoms with Crippen molar-refractivity contribution in [2.24, 2.45) is 0 Å². The molecule has 18 heavy (non-hydrogen) atoms. The largest absolute Gasteiger partial charge is 0.508 e. The average molecular weight is 247 g/mol. The minimum absolute atomic E-state index is 0.230. The number of rotatable bonds is 3. The third-order valence-electron chi connectivity index (χ3n) is 3.99. The predicted molar refractivity (Wildman–Crippen MR) is 75.9 cm³/mol. The number of benzene rings is 1. The maximum Gasteiger partial charge on any atom is 0.120 e. The van der Waals surface area contributed by atoms with Crippen molar-refractivity contribution in [3.8, 4) is 5.75 Å². The highest BCUT2D eigenvalue weighted by Crippen LogP contribution is 2.27. The summed E-state index contributed by atoms with van der Waals surface area (Å²) in [6.07, 6.45) is 7.98. The smallest absolute Gasteiger partial charge is 0.120 e. The van der Waals surface area contributed by atoms with E-state index in [9.17, 15) is 5.11 Å². The highest BCUT2D eigenvalue weighted by molar-refractivity contribution is 5.37. The van der Waals surface area contributed by atoms with E-state index in [1.165, 1.54) is 38.5 Å². The van der Waals surface area contributed by atoms with Crippen molar-refractivity contribution >= 4 is 0 Å². The maximum absolute atomic E-state index is 10.0. The van der Waals surface area contributed by atoms with Crippen molar-refractivity contribution in [2.75, 3.05) is 0 Å². The number of aromatic hydroxyl groups is 1. The number of phenolic OH excluding ortho intramolecular Hbond substituents is 1. The van der Waals surface area contributed by atoms with Gasteiger partial charge in [0, 0.05) is 17.6 Å². The molecule has 1 aromatic carbocycles. The molecule has 1 aromatic rings. The van der Waals surface area contributed by atoms with Crippen molar-refractivity contribution < 1.29 is 5.11 Å². The van der Waals surface area contributed by atoms with Crippen LogP contribution in [0.4, 0.5) is 0 Å². The Morgan fingerprint density at radius 1 is 1.17 bits per heavy atom. The quantitative estimate of drug-likeness (QED) is 0.789. The molecule has 1 aliphatic rings. The summed E-state index contributed by atoms with van der Waals surface area (Å²) in [4.78, 5) is 0. The van der Waals surface area contributed by atoms with E-state index in [1.807, 2.05) is 19.1 Å². The third kappa shape index (κ3) is 3.49. The second kappa shape index (κ2) is 6.24. The molecule has 1 fully saturated rings. The molecule has 1 saturated carbocycles. The molecule has 1 atom stereocenters. The molecule has 2 heteroatoms. The van der Waals surface area contributed by atoms with Crippen LogP contribution in [0.2, 0.25) is 0 Å². The van der Waals surface area contributed by atoms with Crippen LogP contribution in [0.1, 0.15) is 62.6 Å². The van der Waals surface area contributed by atoms with Gasteiger partial charge in [-0.15, -0.1) is 0 Å². The lowest BCUT2D eigenvalue weighted by atomic mass is 10.0. The first-order valence-electron chi connectivity index (χ1n) is 7.22. The Morgan fingerprint density at radius 2 is 1.83 bits per heavy atom. The molecule has 0 radical (unpaired) electrons. The fourth-order valence-electron chi connectivity index (χ4n) is 2.91. The third-order valence-corrected chi connectivity index (χ3v) is 3.99. The highest BCUT2D eigenvalue weighted by Gasteiger charge is 2.17. The molecule has 2 N–H and O–H groups in total. The number of hydrogen-bond acceptors (Lipinski definition) is 2. The van der Waals surface area contributed by atoms with Gasteiger partial charge in [0.05, 0.1) is 0 Å². The second-order valence-corrected chi connectivity index (χ2v) is 5.64. The van der Waals surface area contributed by atoms with Crippen LogP contribution >= 0.6 is 0 Å². The molecule has 1 aliphatic carbocycles. The lowest BCUT2D eigenvalue weighted by Crippen LogP contribution is -2.31. The SMILES string of the molecule is Cc1ccc(C(C)NC2CCCCCC2)c(O)c1. The Balaban J connectivity index is 1.99. The van der Waals surface area contributed by atoms with Gasteiger partial charge >= 0.3 is 0 Å². The van der Waals surface area contributed by atoms with Gasteiger partial charge in [0.15, 0.2) is 0 Å². The molecule has 1 unspecified atom stereocenters. The van der Waals surface area contributed by atoms with Gasteiger partial charge in [0.2, 0.25) is 0 Å². The second-order valence-electron chi connectivity index (χ2n) is 5.64. The van der Waals surface area contributed by atoms with Gasteiger partial charge in [0.25, 0.3) is 0 Å². The van der Waals surface area contributed by atoms with Crippen LogP contribution in [-0.4, -0.2) is 11.1 Å². The van der Waals surface area contributed by atoms with Crippen molar-refractivity contribution in [1.82, 2.24) is 5.32 Å². The van der Waals surface area contributed by atoms with E-state index < -0.39 is 0 Å². The summed E-state index contributed by atoms with van der Waals surface area (Å²) >= 11 is 0. The van der Waals surface area contributed by atoms with Crippen LogP contribution in [0, 0.1) is 6.92 Å².